The zero-order valence-corrected chi connectivity index (χ0v) is 19.4. The van der Waals surface area contributed by atoms with Crippen molar-refractivity contribution in [1.82, 2.24) is 0 Å². The number of hydrogen-bond acceptors (Lipinski definition) is 4. The van der Waals surface area contributed by atoms with Crippen LogP contribution < -0.4 is 15.2 Å². The lowest BCUT2D eigenvalue weighted by Gasteiger charge is -2.25. The number of ether oxygens (including phenoxy) is 2. The van der Waals surface area contributed by atoms with Gasteiger partial charge in [0.1, 0.15) is 18.1 Å². The maximum atomic E-state index is 11.3. The minimum absolute atomic E-state index is 0.159. The summed E-state index contributed by atoms with van der Waals surface area (Å²) in [6.45, 7) is 5.65. The van der Waals surface area contributed by atoms with Crippen LogP contribution in [0.15, 0.2) is 78.9 Å². The Kier molecular flexibility index (Phi) is 9.57. The second kappa shape index (κ2) is 12.1. The molecule has 0 aliphatic carbocycles. The van der Waals surface area contributed by atoms with E-state index in [1.807, 2.05) is 67.6 Å². The van der Waals surface area contributed by atoms with Crippen LogP contribution >= 0.6 is 11.6 Å². The van der Waals surface area contributed by atoms with Crippen LogP contribution in [0, 0.1) is 0 Å². The molecule has 0 aliphatic rings. The zero-order valence-electron chi connectivity index (χ0n) is 18.6. The van der Waals surface area contributed by atoms with Gasteiger partial charge >= 0.3 is 5.97 Å². The van der Waals surface area contributed by atoms with Crippen molar-refractivity contribution in [2.45, 2.75) is 45.4 Å². The molecule has 0 saturated heterocycles. The number of benzene rings is 3. The maximum absolute atomic E-state index is 11.3. The van der Waals surface area contributed by atoms with Gasteiger partial charge in [0.05, 0.1) is 5.02 Å². The van der Waals surface area contributed by atoms with E-state index in [1.165, 1.54) is 12.5 Å². The van der Waals surface area contributed by atoms with Crippen LogP contribution in [0.4, 0.5) is 0 Å². The second-order valence-electron chi connectivity index (χ2n) is 7.56. The van der Waals surface area contributed by atoms with Crippen molar-refractivity contribution < 1.29 is 19.4 Å². The Morgan fingerprint density at radius 2 is 1.66 bits per heavy atom. The van der Waals surface area contributed by atoms with E-state index in [1.54, 1.807) is 25.1 Å². The molecule has 3 aromatic rings. The summed E-state index contributed by atoms with van der Waals surface area (Å²) >= 11 is 6.13. The molecule has 0 heterocycles. The Morgan fingerprint density at radius 1 is 1.06 bits per heavy atom. The number of carbonyl (C=O) groups is 1. The minimum Gasteiger partial charge on any atom is -0.487 e. The van der Waals surface area contributed by atoms with Gasteiger partial charge in [-0.1, -0.05) is 79.2 Å². The van der Waals surface area contributed by atoms with Crippen molar-refractivity contribution in [3.63, 3.8) is 0 Å². The van der Waals surface area contributed by atoms with E-state index in [-0.39, 0.29) is 6.04 Å². The largest absolute Gasteiger partial charge is 0.487 e. The van der Waals surface area contributed by atoms with Crippen LogP contribution in [-0.4, -0.2) is 16.7 Å². The fraction of sp³-hybridized carbons (Fsp3) is 0.269. The predicted molar refractivity (Wildman–Crippen MR) is 128 cm³/mol. The normalized spacial score (nSPS) is 13.2. The number of hydrogen-bond donors (Lipinski definition) is 2. The van der Waals surface area contributed by atoms with Gasteiger partial charge in [-0.3, -0.25) is 0 Å². The monoisotopic (exact) mass is 455 g/mol. The molecule has 6 heteroatoms. The fourth-order valence-electron chi connectivity index (χ4n) is 2.68. The molecule has 0 fully saturated rings. The molecule has 0 aromatic heterocycles. The standard InChI is InChI=1S/C18H19ClO4.C8H11N/c1-3-18(2,17(20)21)23-14-9-10-15(19)16(11-14)22-12-13-7-5-4-6-8-13;1-7(9)8-5-3-2-4-6-8/h4-11H,3,12H2,1-2H3,(H,20,21);2-7H,9H2,1H3/t18-;7-/m00/s1. The van der Waals surface area contributed by atoms with Gasteiger partial charge in [0.2, 0.25) is 5.60 Å². The predicted octanol–water partition coefficient (Wildman–Crippen LogP) is 6.26. The Bertz CT molecular complexity index is 980. The first-order valence-electron chi connectivity index (χ1n) is 10.4. The van der Waals surface area contributed by atoms with Crippen LogP contribution in [0.25, 0.3) is 0 Å². The highest BCUT2D eigenvalue weighted by atomic mass is 35.5. The molecule has 32 heavy (non-hydrogen) atoms. The highest BCUT2D eigenvalue weighted by Crippen LogP contribution is 2.32. The van der Waals surface area contributed by atoms with Crippen LogP contribution in [-0.2, 0) is 11.4 Å². The van der Waals surface area contributed by atoms with E-state index in [4.69, 9.17) is 26.8 Å². The number of carboxylic acids is 1. The van der Waals surface area contributed by atoms with Crippen molar-refractivity contribution in [2.24, 2.45) is 5.73 Å². The third-order valence-corrected chi connectivity index (χ3v) is 5.25. The third kappa shape index (κ3) is 7.59. The molecule has 0 aliphatic heterocycles. The zero-order chi connectivity index (χ0) is 23.6. The molecule has 170 valence electrons. The average molecular weight is 456 g/mol. The molecule has 2 atom stereocenters. The fourth-order valence-corrected chi connectivity index (χ4v) is 2.85. The smallest absolute Gasteiger partial charge is 0.347 e. The molecule has 0 unspecified atom stereocenters. The average Bonchev–Trinajstić information content (AvgIpc) is 2.81. The second-order valence-corrected chi connectivity index (χ2v) is 7.96. The van der Waals surface area contributed by atoms with E-state index in [9.17, 15) is 9.90 Å². The Labute approximate surface area is 194 Å². The van der Waals surface area contributed by atoms with E-state index in [2.05, 4.69) is 0 Å². The number of halogens is 1. The quantitative estimate of drug-likeness (QED) is 0.419. The van der Waals surface area contributed by atoms with Crippen LogP contribution in [0.3, 0.4) is 0 Å². The molecule has 3 aromatic carbocycles. The summed E-state index contributed by atoms with van der Waals surface area (Å²) in [4.78, 5) is 11.3. The molecular formula is C26H30ClNO4. The van der Waals surface area contributed by atoms with Crippen LogP contribution in [0.1, 0.15) is 44.4 Å². The first-order valence-corrected chi connectivity index (χ1v) is 10.8. The van der Waals surface area contributed by atoms with Gasteiger partial charge in [-0.2, -0.15) is 0 Å². The third-order valence-electron chi connectivity index (χ3n) is 4.94. The van der Waals surface area contributed by atoms with Gasteiger partial charge < -0.3 is 20.3 Å². The van der Waals surface area contributed by atoms with Gasteiger partial charge in [0.15, 0.2) is 0 Å². The number of nitrogens with two attached hydrogens (primary N) is 1. The Balaban J connectivity index is 0.000000336. The summed E-state index contributed by atoms with van der Waals surface area (Å²) < 4.78 is 11.3. The number of carboxylic acid groups (broad SMARTS) is 1. The van der Waals surface area contributed by atoms with Crippen molar-refractivity contribution in [1.29, 1.82) is 0 Å². The lowest BCUT2D eigenvalue weighted by atomic mass is 10.0. The maximum Gasteiger partial charge on any atom is 0.347 e. The lowest BCUT2D eigenvalue weighted by molar-refractivity contribution is -0.154. The Morgan fingerprint density at radius 3 is 2.16 bits per heavy atom. The van der Waals surface area contributed by atoms with Crippen molar-refractivity contribution in [3.8, 4) is 11.5 Å². The van der Waals surface area contributed by atoms with Gasteiger partial charge in [0.25, 0.3) is 0 Å². The summed E-state index contributed by atoms with van der Waals surface area (Å²) in [5.74, 6) is -0.150. The van der Waals surface area contributed by atoms with Crippen molar-refractivity contribution >= 4 is 17.6 Å². The van der Waals surface area contributed by atoms with Gasteiger partial charge in [-0.25, -0.2) is 4.79 Å². The molecule has 0 bridgehead atoms. The van der Waals surface area contributed by atoms with Crippen molar-refractivity contribution in [2.75, 3.05) is 0 Å². The topological polar surface area (TPSA) is 81.8 Å². The molecule has 0 amide bonds. The minimum atomic E-state index is -1.29. The Hall–Kier alpha value is -3.02. The highest BCUT2D eigenvalue weighted by molar-refractivity contribution is 6.32. The van der Waals surface area contributed by atoms with Gasteiger partial charge in [-0.15, -0.1) is 0 Å². The summed E-state index contributed by atoms with van der Waals surface area (Å²) in [5, 5.41) is 9.73. The molecule has 0 radical (unpaired) electrons. The molecular weight excluding hydrogens is 426 g/mol. The van der Waals surface area contributed by atoms with Crippen molar-refractivity contribution in [3.05, 3.63) is 95.0 Å². The highest BCUT2D eigenvalue weighted by Gasteiger charge is 2.33. The van der Waals surface area contributed by atoms with E-state index in [0.29, 0.717) is 29.5 Å². The molecule has 3 N–H and O–H groups in total. The molecule has 0 spiro atoms. The van der Waals surface area contributed by atoms with E-state index in [0.717, 1.165) is 5.56 Å². The summed E-state index contributed by atoms with van der Waals surface area (Å²) in [6.07, 6.45) is 0.338. The van der Waals surface area contributed by atoms with E-state index >= 15 is 0 Å². The van der Waals surface area contributed by atoms with Crippen LogP contribution in [0.2, 0.25) is 5.02 Å². The molecule has 0 saturated carbocycles. The molecule has 5 nitrogen and oxygen atoms in total. The first kappa shape index (κ1) is 25.2. The summed E-state index contributed by atoms with van der Waals surface area (Å²) in [6, 6.07) is 24.8. The summed E-state index contributed by atoms with van der Waals surface area (Å²) in [5.41, 5.74) is 6.53. The van der Waals surface area contributed by atoms with Crippen LogP contribution in [0.5, 0.6) is 11.5 Å². The lowest BCUT2D eigenvalue weighted by Crippen LogP contribution is -2.40. The van der Waals surface area contributed by atoms with Gasteiger partial charge in [-0.05, 0) is 43.5 Å². The first-order chi connectivity index (χ1) is 15.2. The SMILES string of the molecule is CC[C@](C)(Oc1ccc(Cl)c(OCc2ccccc2)c1)C(=O)O.C[C@H](N)c1ccccc1. The number of rotatable bonds is 8. The van der Waals surface area contributed by atoms with E-state index < -0.39 is 11.6 Å². The summed E-state index contributed by atoms with van der Waals surface area (Å²) in [7, 11) is 0. The van der Waals surface area contributed by atoms with Gasteiger partial charge in [0, 0.05) is 12.1 Å². The number of aliphatic carboxylic acids is 1. The molecule has 3 rings (SSSR count).